The second-order valence-electron chi connectivity index (χ2n) is 48.0. The van der Waals surface area contributed by atoms with Gasteiger partial charge in [-0.2, -0.15) is 0 Å². The van der Waals surface area contributed by atoms with Crippen molar-refractivity contribution in [3.05, 3.63) is 0 Å². The highest BCUT2D eigenvalue weighted by Crippen LogP contribution is 2.44. The molecule has 0 aromatic rings. The Balaban J connectivity index is -0.000000178. The van der Waals surface area contributed by atoms with Crippen molar-refractivity contribution in [1.82, 2.24) is 0 Å². The Labute approximate surface area is 913 Å². The molecule has 0 saturated carbocycles. The van der Waals surface area contributed by atoms with Crippen LogP contribution in [-0.4, -0.2) is 116 Å². The Morgan fingerprint density at radius 3 is 0.707 bits per heavy atom. The van der Waals surface area contributed by atoms with Gasteiger partial charge in [-0.3, -0.25) is 47.9 Å². The van der Waals surface area contributed by atoms with Crippen LogP contribution in [0.3, 0.4) is 0 Å². The van der Waals surface area contributed by atoms with E-state index in [-0.39, 0.29) is 180 Å². The molecule has 0 aliphatic rings. The highest BCUT2D eigenvalue weighted by molar-refractivity contribution is 5.76. The summed E-state index contributed by atoms with van der Waals surface area (Å²) in [5, 5.41) is 0. The predicted octanol–water partition coefficient (Wildman–Crippen LogP) is 37.0. The molecule has 882 valence electrons. The lowest BCUT2D eigenvalue weighted by Gasteiger charge is -2.47. The molecule has 0 N–H and O–H groups in total. The fourth-order valence-electron chi connectivity index (χ4n) is 14.5. The molecule has 0 aromatic heterocycles. The fraction of sp³-hybridized carbons (Fsp3) is 0.921. The van der Waals surface area contributed by atoms with Gasteiger partial charge in [0.15, 0.2) is 0 Å². The number of unbranched alkanes of at least 4 members (excludes halogenated alkanes) is 1. The van der Waals surface area contributed by atoms with Crippen molar-refractivity contribution in [2.45, 2.75) is 658 Å². The van der Waals surface area contributed by atoms with E-state index in [4.69, 9.17) is 47.4 Å². The summed E-state index contributed by atoms with van der Waals surface area (Å²) >= 11 is 0. The van der Waals surface area contributed by atoms with Crippen molar-refractivity contribution in [1.29, 1.82) is 0 Å². The second-order valence-corrected chi connectivity index (χ2v) is 48.0. The molecule has 0 spiro atoms. The largest absolute Gasteiger partial charge is 0.459 e. The predicted molar refractivity (Wildman–Crippen MR) is 623 cm³/mol. The molecule has 0 saturated heterocycles. The van der Waals surface area contributed by atoms with Gasteiger partial charge in [-0.1, -0.05) is 373 Å². The third-order valence-corrected chi connectivity index (χ3v) is 33.6. The van der Waals surface area contributed by atoms with Crippen LogP contribution >= 0.6 is 0 Å². The number of esters is 10. The van der Waals surface area contributed by atoms with E-state index in [2.05, 4.69) is 201 Å². The summed E-state index contributed by atoms with van der Waals surface area (Å²) in [6.45, 7) is 123. The Kier molecular flexibility index (Phi) is 89.5. The minimum Gasteiger partial charge on any atom is -0.459 e. The molecule has 0 amide bonds. The van der Waals surface area contributed by atoms with Crippen molar-refractivity contribution in [3.8, 4) is 0 Å². The second kappa shape index (κ2) is 81.4. The molecule has 147 heavy (non-hydrogen) atoms. The first-order valence-electron chi connectivity index (χ1n) is 59.5. The maximum Gasteiger partial charge on any atom is 0.309 e. The standard InChI is InChI=1S/C15H30O2.3C14H28O2.2C13H26O2.C12H24O2.2C11H22O2.C10H20O2/c1-9-12(5)13(16)17-15(10-2,11(3)4)14(6,7)8;1-7-10-14(9-3,11(4)5)16-13(15)12(6)8-2;1-7-11(5)13(15)16-14(9-3,10-4)12(6)8-2;1-6-10-11-14(8-3,9-4)16-13(15)12(5)7-2;1-7-10(4)12(14)15-13(6,9-3)11(5)8-2;1-7-11(6)12(14)15-13(8-2,9-3)10(4)5;1-8-9(2)10(13)14-12(6,7)11(3,4)5;1-7-9(4)10(12)13-11(5,6)8(2)3;1-6-9(4)10(12)13-11(5,7-2)8-3;1-6-8(3)9(11)12-10(4,5)7-2/h11-12H,9-10H2,1-8H3;2*11-12H,7-10H2,1-6H3;12H,6-11H2,1-5H3;2*10-11H,7-9H2,1-6H3;9H,8H2,1-7H3;8-9H,7H2,1-6H3;9H,6-8H2,1-5H3;8H,6-7H2,1-5H3. The molecule has 20 nitrogen and oxygen atoms in total. The monoisotopic (exact) mass is 2100 g/mol. The number of carbonyl (C=O) groups excluding carboxylic acids is 10. The minimum absolute atomic E-state index is 0.00313. The Morgan fingerprint density at radius 1 is 0.204 bits per heavy atom. The lowest BCUT2D eigenvalue weighted by Crippen LogP contribution is -2.51. The van der Waals surface area contributed by atoms with E-state index >= 15 is 0 Å². The summed E-state index contributed by atoms with van der Waals surface area (Å²) in [6.07, 6.45) is 26.5. The molecule has 15 unspecified atom stereocenters. The van der Waals surface area contributed by atoms with E-state index in [1.165, 1.54) is 0 Å². The van der Waals surface area contributed by atoms with Crippen molar-refractivity contribution >= 4 is 59.7 Å². The highest BCUT2D eigenvalue weighted by Gasteiger charge is 2.48. The fourth-order valence-corrected chi connectivity index (χ4v) is 14.5. The maximum atomic E-state index is 12.1. The van der Waals surface area contributed by atoms with Crippen LogP contribution in [0.1, 0.15) is 602 Å². The van der Waals surface area contributed by atoms with Gasteiger partial charge in [0.2, 0.25) is 0 Å². The van der Waals surface area contributed by atoms with Crippen molar-refractivity contribution < 1.29 is 95.3 Å². The first-order chi connectivity index (χ1) is 67.2. The molecule has 0 aliphatic heterocycles. The molecule has 0 heterocycles. The Bertz CT molecular complexity index is 3330. The summed E-state index contributed by atoms with van der Waals surface area (Å²) in [5.41, 5.74) is -3.05. The van der Waals surface area contributed by atoms with Crippen molar-refractivity contribution in [3.63, 3.8) is 0 Å². The van der Waals surface area contributed by atoms with E-state index in [0.717, 1.165) is 186 Å². The molecular weight excluding hydrogens is 1850 g/mol. The first-order valence-corrected chi connectivity index (χ1v) is 59.5. The summed E-state index contributed by atoms with van der Waals surface area (Å²) < 4.78 is 56.3. The lowest BCUT2D eigenvalue weighted by molar-refractivity contribution is -0.188. The van der Waals surface area contributed by atoms with Gasteiger partial charge in [-0.25, -0.2) is 0 Å². The van der Waals surface area contributed by atoms with Gasteiger partial charge in [0.1, 0.15) is 56.0 Å². The van der Waals surface area contributed by atoms with Crippen LogP contribution in [0.25, 0.3) is 0 Å². The topological polar surface area (TPSA) is 263 Å². The quantitative estimate of drug-likeness (QED) is 0.0404. The minimum atomic E-state index is -0.409. The van der Waals surface area contributed by atoms with Crippen LogP contribution in [0.15, 0.2) is 0 Å². The third-order valence-electron chi connectivity index (χ3n) is 33.6. The summed E-state index contributed by atoms with van der Waals surface area (Å²) in [5.74, 6) is 1.83. The van der Waals surface area contributed by atoms with Crippen LogP contribution in [-0.2, 0) is 95.3 Å². The molecule has 0 bridgehead atoms. The normalized spacial score (nSPS) is 15.5. The van der Waals surface area contributed by atoms with Crippen molar-refractivity contribution in [2.24, 2.45) is 106 Å². The summed E-state index contributed by atoms with van der Waals surface area (Å²) in [7, 11) is 0. The summed E-state index contributed by atoms with van der Waals surface area (Å²) in [6, 6.07) is 0. The zero-order valence-electron chi connectivity index (χ0n) is 109. The van der Waals surface area contributed by atoms with Crippen LogP contribution < -0.4 is 0 Å². The molecule has 0 aliphatic carbocycles. The van der Waals surface area contributed by atoms with Gasteiger partial charge in [0.25, 0.3) is 0 Å². The van der Waals surface area contributed by atoms with Gasteiger partial charge in [0, 0.05) is 10.8 Å². The zero-order valence-corrected chi connectivity index (χ0v) is 109. The number of rotatable bonds is 55. The van der Waals surface area contributed by atoms with Crippen LogP contribution in [0, 0.1) is 106 Å². The zero-order chi connectivity index (χ0) is 119. The van der Waals surface area contributed by atoms with E-state index in [1.54, 1.807) is 0 Å². The summed E-state index contributed by atoms with van der Waals surface area (Å²) in [4.78, 5) is 117. The van der Waals surface area contributed by atoms with E-state index in [0.29, 0.717) is 35.5 Å². The van der Waals surface area contributed by atoms with Crippen molar-refractivity contribution in [2.75, 3.05) is 0 Å². The molecular formula is C127H254O20. The van der Waals surface area contributed by atoms with Crippen LogP contribution in [0.5, 0.6) is 0 Å². The molecule has 15 atom stereocenters. The molecule has 0 radical (unpaired) electrons. The van der Waals surface area contributed by atoms with Gasteiger partial charge in [-0.05, 0) is 264 Å². The van der Waals surface area contributed by atoms with E-state index in [9.17, 15) is 47.9 Å². The lowest BCUT2D eigenvalue weighted by atomic mass is 9.68. The maximum absolute atomic E-state index is 12.1. The van der Waals surface area contributed by atoms with Gasteiger partial charge in [-0.15, -0.1) is 0 Å². The van der Waals surface area contributed by atoms with Crippen LogP contribution in [0.4, 0.5) is 0 Å². The molecule has 0 fully saturated rings. The first kappa shape index (κ1) is 162. The van der Waals surface area contributed by atoms with Gasteiger partial charge in [0.05, 0.1) is 59.2 Å². The van der Waals surface area contributed by atoms with Gasteiger partial charge >= 0.3 is 59.7 Å². The highest BCUT2D eigenvalue weighted by atomic mass is 16.6. The molecule has 0 aromatic carbocycles. The Morgan fingerprint density at radius 2 is 0.476 bits per heavy atom. The number of carbonyl (C=O) groups is 10. The number of hydrogen-bond donors (Lipinski definition) is 0. The SMILES string of the molecule is CCC(C)C(=O)OC(C)(C)C(C)(C)C.CCC(C)C(=O)OC(C)(C)C(C)C.CCC(C)C(=O)OC(C)(C)CC.CCC(C)C(=O)OC(C)(CC)C(C)CC.CCC(C)C(=O)OC(C)(CC)CC.CCC(C)C(=O)OC(CC)(C(C)C)C(C)(C)C.CCC(C)C(=O)OC(CC)(CC)C(C)C.CCC(C)C(=O)OC(CC)(CC)C(C)CC.CCCC(CC)(OC(=O)C(C)CC)C(C)C.CCCCC(CC)(CC)OC(=O)C(C)CC. The molecule has 20 heteroatoms. The Hall–Kier alpha value is -5.30. The number of ether oxygens (including phenoxy) is 10. The average molecular weight is 2100 g/mol. The average Bonchev–Trinajstić information content (AvgIpc) is 0.779. The van der Waals surface area contributed by atoms with E-state index in [1.807, 2.05) is 215 Å². The number of hydrogen-bond acceptors (Lipinski definition) is 20. The third kappa shape index (κ3) is 62.7. The van der Waals surface area contributed by atoms with Crippen LogP contribution in [0.2, 0.25) is 0 Å². The molecule has 0 rings (SSSR count). The smallest absolute Gasteiger partial charge is 0.309 e. The van der Waals surface area contributed by atoms with E-state index < -0.39 is 5.60 Å². The van der Waals surface area contributed by atoms with Gasteiger partial charge < -0.3 is 47.4 Å².